The minimum Gasteiger partial charge on any atom is -0.335 e. The second-order valence-electron chi connectivity index (χ2n) is 5.86. The van der Waals surface area contributed by atoms with E-state index in [1.54, 1.807) is 32.0 Å². The highest BCUT2D eigenvalue weighted by molar-refractivity contribution is 5.78. The first-order chi connectivity index (χ1) is 12.6. The fraction of sp³-hybridized carbons (Fsp3) is 0.294. The van der Waals surface area contributed by atoms with Gasteiger partial charge in [-0.1, -0.05) is 19.1 Å². The molecule has 0 aliphatic heterocycles. The lowest BCUT2D eigenvalue weighted by molar-refractivity contribution is -0.394. The summed E-state index contributed by atoms with van der Waals surface area (Å²) >= 11 is 0. The number of nitrogens with zero attached hydrogens (tertiary/aromatic N) is 3. The molecule has 10 heteroatoms. The molecule has 0 saturated heterocycles. The summed E-state index contributed by atoms with van der Waals surface area (Å²) in [5.41, 5.74) is -2.99. The van der Waals surface area contributed by atoms with Crippen LogP contribution in [0.5, 0.6) is 0 Å². The molecule has 0 saturated carbocycles. The molecule has 2 aromatic carbocycles. The minimum absolute atomic E-state index is 0.0607. The molecule has 0 aliphatic rings. The maximum absolute atomic E-state index is 13.7. The average molecular weight is 383 g/mol. The Kier molecular flexibility index (Phi) is 5.67. The third kappa shape index (κ3) is 4.33. The van der Waals surface area contributed by atoms with E-state index in [0.717, 1.165) is 5.56 Å². The van der Waals surface area contributed by atoms with Crippen LogP contribution >= 0.6 is 0 Å². The highest BCUT2D eigenvalue weighted by Crippen LogP contribution is 2.46. The fourth-order valence-electron chi connectivity index (χ4n) is 2.74. The molecule has 0 spiro atoms. The molecule has 0 N–H and O–H groups in total. The Bertz CT molecular complexity index is 884. The van der Waals surface area contributed by atoms with Gasteiger partial charge in [0.25, 0.3) is 11.4 Å². The van der Waals surface area contributed by atoms with E-state index in [1.807, 2.05) is 0 Å². The van der Waals surface area contributed by atoms with Crippen LogP contribution in [-0.4, -0.2) is 16.4 Å². The van der Waals surface area contributed by atoms with Gasteiger partial charge in [-0.25, -0.2) is 0 Å². The van der Waals surface area contributed by atoms with Crippen LogP contribution in [0.3, 0.4) is 0 Å². The van der Waals surface area contributed by atoms with Gasteiger partial charge in [0.2, 0.25) is 0 Å². The maximum Gasteiger partial charge on any atom is 0.418 e. The van der Waals surface area contributed by atoms with Crippen molar-refractivity contribution in [3.8, 4) is 0 Å². The lowest BCUT2D eigenvalue weighted by Crippen LogP contribution is -2.23. The molecule has 2 aromatic rings. The van der Waals surface area contributed by atoms with Crippen LogP contribution in [0.2, 0.25) is 0 Å². The molecule has 0 aromatic heterocycles. The van der Waals surface area contributed by atoms with Gasteiger partial charge in [-0.15, -0.1) is 0 Å². The lowest BCUT2D eigenvalue weighted by Gasteiger charge is -2.27. The van der Waals surface area contributed by atoms with Gasteiger partial charge in [0.05, 0.1) is 21.5 Å². The summed E-state index contributed by atoms with van der Waals surface area (Å²) in [4.78, 5) is 21.5. The second-order valence-corrected chi connectivity index (χ2v) is 5.86. The van der Waals surface area contributed by atoms with Gasteiger partial charge in [-0.2, -0.15) is 13.2 Å². The van der Waals surface area contributed by atoms with Gasteiger partial charge in [-0.3, -0.25) is 20.2 Å². The molecular formula is C17H16F3N3O4. The molecule has 0 unspecified atom stereocenters. The molecular weight excluding hydrogens is 367 g/mol. The summed E-state index contributed by atoms with van der Waals surface area (Å²) < 4.78 is 41.0. The molecule has 144 valence electrons. The van der Waals surface area contributed by atoms with Gasteiger partial charge in [0.15, 0.2) is 0 Å². The minimum atomic E-state index is -5.01. The van der Waals surface area contributed by atoms with Gasteiger partial charge in [0, 0.05) is 18.3 Å². The Balaban J connectivity index is 2.88. The van der Waals surface area contributed by atoms with Crippen molar-refractivity contribution in [1.82, 2.24) is 0 Å². The lowest BCUT2D eigenvalue weighted by atomic mass is 10.1. The SMILES string of the molecule is CCCN(c1cccc(C)c1)c1c([N+](=O)[O-])cc([N+](=O)[O-])cc1C(F)(F)F. The number of non-ortho nitro benzene ring substituents is 1. The molecule has 7 nitrogen and oxygen atoms in total. The smallest absolute Gasteiger partial charge is 0.335 e. The van der Waals surface area contributed by atoms with Crippen LogP contribution in [-0.2, 0) is 6.18 Å². The maximum atomic E-state index is 13.7. The van der Waals surface area contributed by atoms with E-state index in [2.05, 4.69) is 0 Å². The van der Waals surface area contributed by atoms with Crippen molar-refractivity contribution in [2.45, 2.75) is 26.4 Å². The van der Waals surface area contributed by atoms with Crippen LogP contribution in [0.25, 0.3) is 0 Å². The number of aryl methyl sites for hydroxylation is 1. The molecule has 0 fully saturated rings. The monoisotopic (exact) mass is 383 g/mol. The van der Waals surface area contributed by atoms with E-state index < -0.39 is 38.6 Å². The number of halogens is 3. The van der Waals surface area contributed by atoms with Crippen molar-refractivity contribution in [3.63, 3.8) is 0 Å². The van der Waals surface area contributed by atoms with E-state index >= 15 is 0 Å². The molecule has 0 bridgehead atoms. The molecule has 0 radical (unpaired) electrons. The van der Waals surface area contributed by atoms with Crippen molar-refractivity contribution < 1.29 is 23.0 Å². The summed E-state index contributed by atoms with van der Waals surface area (Å²) in [7, 11) is 0. The zero-order valence-electron chi connectivity index (χ0n) is 14.5. The van der Waals surface area contributed by atoms with Crippen LogP contribution in [0, 0.1) is 27.2 Å². The Morgan fingerprint density at radius 2 is 1.74 bits per heavy atom. The van der Waals surface area contributed by atoms with E-state index in [9.17, 15) is 33.4 Å². The van der Waals surface area contributed by atoms with Crippen molar-refractivity contribution in [2.24, 2.45) is 0 Å². The van der Waals surface area contributed by atoms with Gasteiger partial charge in [-0.05, 0) is 31.0 Å². The third-order valence-corrected chi connectivity index (χ3v) is 3.82. The van der Waals surface area contributed by atoms with Crippen molar-refractivity contribution in [1.29, 1.82) is 0 Å². The van der Waals surface area contributed by atoms with E-state index in [1.165, 1.54) is 11.0 Å². The Morgan fingerprint density at radius 3 is 2.22 bits per heavy atom. The Labute approximate surface area is 152 Å². The van der Waals surface area contributed by atoms with Crippen molar-refractivity contribution >= 4 is 22.7 Å². The first-order valence-corrected chi connectivity index (χ1v) is 7.94. The second kappa shape index (κ2) is 7.60. The molecule has 27 heavy (non-hydrogen) atoms. The first kappa shape index (κ1) is 20.1. The normalized spacial score (nSPS) is 11.3. The third-order valence-electron chi connectivity index (χ3n) is 3.82. The van der Waals surface area contributed by atoms with Gasteiger partial charge < -0.3 is 4.90 Å². The predicted octanol–water partition coefficient (Wildman–Crippen LogP) is 5.38. The number of hydrogen-bond acceptors (Lipinski definition) is 5. The molecule has 0 aliphatic carbocycles. The topological polar surface area (TPSA) is 89.5 Å². The summed E-state index contributed by atoms with van der Waals surface area (Å²) in [5.74, 6) is 0. The number of nitro groups is 2. The van der Waals surface area contributed by atoms with E-state index in [-0.39, 0.29) is 6.54 Å². The average Bonchev–Trinajstić information content (AvgIpc) is 2.57. The van der Waals surface area contributed by atoms with E-state index in [0.29, 0.717) is 24.2 Å². The molecule has 0 amide bonds. The van der Waals surface area contributed by atoms with Gasteiger partial charge in [0.1, 0.15) is 5.69 Å². The Hall–Kier alpha value is -3.17. The standard InChI is InChI=1S/C17H16F3N3O4/c1-3-7-21(12-6-4-5-11(2)8-12)16-14(17(18,19)20)9-13(22(24)25)10-15(16)23(26)27/h4-6,8-10H,3,7H2,1-2H3. The predicted molar refractivity (Wildman–Crippen MR) is 93.2 cm³/mol. The first-order valence-electron chi connectivity index (χ1n) is 7.94. The van der Waals surface area contributed by atoms with Crippen molar-refractivity contribution in [2.75, 3.05) is 11.4 Å². The molecule has 2 rings (SSSR count). The van der Waals surface area contributed by atoms with E-state index in [4.69, 9.17) is 0 Å². The van der Waals surface area contributed by atoms with Crippen molar-refractivity contribution in [3.05, 3.63) is 67.8 Å². The van der Waals surface area contributed by atoms with Crippen LogP contribution in [0.4, 0.5) is 35.9 Å². The molecule has 0 atom stereocenters. The number of benzene rings is 2. The summed E-state index contributed by atoms with van der Waals surface area (Å²) in [6.07, 6.45) is -4.61. The highest BCUT2D eigenvalue weighted by Gasteiger charge is 2.41. The van der Waals surface area contributed by atoms with Gasteiger partial charge >= 0.3 is 6.18 Å². The summed E-state index contributed by atoms with van der Waals surface area (Å²) in [5, 5.41) is 22.5. The molecule has 0 heterocycles. The van der Waals surface area contributed by atoms with Crippen LogP contribution in [0.1, 0.15) is 24.5 Å². The Morgan fingerprint density at radius 1 is 1.07 bits per heavy atom. The number of hydrogen-bond donors (Lipinski definition) is 0. The summed E-state index contributed by atoms with van der Waals surface area (Å²) in [6.45, 7) is 3.51. The summed E-state index contributed by atoms with van der Waals surface area (Å²) in [6, 6.07) is 7.39. The highest BCUT2D eigenvalue weighted by atomic mass is 19.4. The van der Waals surface area contributed by atoms with Crippen LogP contribution in [0.15, 0.2) is 36.4 Å². The fourth-order valence-corrected chi connectivity index (χ4v) is 2.74. The number of nitro benzene ring substituents is 2. The zero-order valence-corrected chi connectivity index (χ0v) is 14.5. The number of rotatable bonds is 6. The zero-order chi connectivity index (χ0) is 20.4. The number of alkyl halides is 3. The quantitative estimate of drug-likeness (QED) is 0.494. The van der Waals surface area contributed by atoms with Crippen LogP contribution < -0.4 is 4.90 Å². The largest absolute Gasteiger partial charge is 0.418 e. The number of anilines is 2.